The minimum atomic E-state index is -0.274. The number of phenolic OH excluding ortho intramolecular Hbond substituents is 1. The normalized spacial score (nSPS) is 17.7. The van der Waals surface area contributed by atoms with Crippen molar-refractivity contribution in [3.63, 3.8) is 0 Å². The highest BCUT2D eigenvalue weighted by atomic mass is 35.5. The van der Waals surface area contributed by atoms with Gasteiger partial charge in [0.05, 0.1) is 11.8 Å². The molecule has 20 heavy (non-hydrogen) atoms. The summed E-state index contributed by atoms with van der Waals surface area (Å²) < 4.78 is 12.9. The van der Waals surface area contributed by atoms with E-state index in [1.807, 2.05) is 0 Å². The molecule has 2 aromatic carbocycles. The molecule has 0 amide bonds. The number of nitrogens with zero attached hydrogens (tertiary/aromatic N) is 1. The third-order valence-electron chi connectivity index (χ3n) is 3.30. The molecule has 1 unspecified atom stereocenters. The summed E-state index contributed by atoms with van der Waals surface area (Å²) in [6.07, 6.45) is 0.611. The second kappa shape index (κ2) is 5.13. The van der Waals surface area contributed by atoms with E-state index in [1.165, 1.54) is 12.1 Å². The third kappa shape index (κ3) is 2.47. The minimum absolute atomic E-state index is 0.131. The number of halogens is 2. The largest absolute Gasteiger partial charge is 0.508 e. The lowest BCUT2D eigenvalue weighted by Gasteiger charge is -2.12. The number of rotatable bonds is 2. The van der Waals surface area contributed by atoms with Gasteiger partial charge in [-0.2, -0.15) is 5.10 Å². The van der Waals surface area contributed by atoms with Crippen LogP contribution >= 0.6 is 11.6 Å². The van der Waals surface area contributed by atoms with Crippen LogP contribution in [0.2, 0.25) is 5.02 Å². The van der Waals surface area contributed by atoms with E-state index in [0.717, 1.165) is 11.3 Å². The van der Waals surface area contributed by atoms with Crippen LogP contribution in [0.4, 0.5) is 4.39 Å². The third-order valence-corrected chi connectivity index (χ3v) is 3.53. The van der Waals surface area contributed by atoms with E-state index in [2.05, 4.69) is 10.5 Å². The zero-order chi connectivity index (χ0) is 14.1. The first-order chi connectivity index (χ1) is 9.63. The second-order valence-corrected chi connectivity index (χ2v) is 5.09. The van der Waals surface area contributed by atoms with E-state index in [1.54, 1.807) is 30.3 Å². The Morgan fingerprint density at radius 2 is 1.95 bits per heavy atom. The monoisotopic (exact) mass is 290 g/mol. The van der Waals surface area contributed by atoms with Crippen LogP contribution in [-0.2, 0) is 0 Å². The molecule has 0 saturated heterocycles. The van der Waals surface area contributed by atoms with Gasteiger partial charge in [0.2, 0.25) is 0 Å². The highest BCUT2D eigenvalue weighted by molar-refractivity contribution is 6.30. The number of hydrazone groups is 1. The number of benzene rings is 2. The van der Waals surface area contributed by atoms with E-state index < -0.39 is 0 Å². The van der Waals surface area contributed by atoms with Gasteiger partial charge in [0.15, 0.2) is 0 Å². The average molecular weight is 291 g/mol. The lowest BCUT2D eigenvalue weighted by molar-refractivity contribution is 0.455. The molecule has 1 aliphatic heterocycles. The molecule has 0 radical (unpaired) electrons. The summed E-state index contributed by atoms with van der Waals surface area (Å²) in [6.45, 7) is 0. The lowest BCUT2D eigenvalue weighted by Crippen LogP contribution is -2.10. The van der Waals surface area contributed by atoms with Gasteiger partial charge in [-0.05, 0) is 35.9 Å². The Bertz CT molecular complexity index is 670. The van der Waals surface area contributed by atoms with Crippen molar-refractivity contribution in [3.8, 4) is 5.75 Å². The Balaban J connectivity index is 1.82. The summed E-state index contributed by atoms with van der Waals surface area (Å²) in [5.41, 5.74) is 5.38. The molecule has 0 bridgehead atoms. The second-order valence-electron chi connectivity index (χ2n) is 4.65. The van der Waals surface area contributed by atoms with E-state index in [0.29, 0.717) is 17.0 Å². The lowest BCUT2D eigenvalue weighted by atomic mass is 9.98. The number of nitrogens with one attached hydrogen (secondary N) is 1. The van der Waals surface area contributed by atoms with E-state index in [4.69, 9.17) is 11.6 Å². The Labute approximate surface area is 120 Å². The number of phenols is 1. The standard InChI is InChI=1S/C15H12ClFN2O/c16-10-3-6-15(20)12(7-10)14-8-13(18-19-14)9-1-4-11(17)5-2-9/h1-7,14,19-20H,8H2. The van der Waals surface area contributed by atoms with Crippen molar-refractivity contribution in [2.45, 2.75) is 12.5 Å². The van der Waals surface area contributed by atoms with Crippen LogP contribution in [0.3, 0.4) is 0 Å². The molecular formula is C15H12ClFN2O. The van der Waals surface area contributed by atoms with E-state index in [-0.39, 0.29) is 17.6 Å². The molecule has 1 heterocycles. The Kier molecular flexibility index (Phi) is 3.32. The molecule has 2 N–H and O–H groups in total. The molecule has 0 aliphatic carbocycles. The molecule has 5 heteroatoms. The summed E-state index contributed by atoms with van der Waals surface area (Å²) in [6, 6.07) is 11.0. The molecule has 0 spiro atoms. The van der Waals surface area contributed by atoms with E-state index in [9.17, 15) is 9.50 Å². The fraction of sp³-hybridized carbons (Fsp3) is 0.133. The first kappa shape index (κ1) is 12.9. The van der Waals surface area contributed by atoms with Gasteiger partial charge in [0, 0.05) is 17.0 Å². The van der Waals surface area contributed by atoms with Gasteiger partial charge in [0.1, 0.15) is 11.6 Å². The molecule has 0 aromatic heterocycles. The molecule has 0 fully saturated rings. The van der Waals surface area contributed by atoms with Gasteiger partial charge in [-0.1, -0.05) is 23.7 Å². The van der Waals surface area contributed by atoms with Crippen LogP contribution in [0, 0.1) is 5.82 Å². The van der Waals surface area contributed by atoms with Crippen LogP contribution < -0.4 is 5.43 Å². The topological polar surface area (TPSA) is 44.6 Å². The number of hydrogen-bond donors (Lipinski definition) is 2. The number of hydrogen-bond acceptors (Lipinski definition) is 3. The van der Waals surface area contributed by atoms with Gasteiger partial charge in [-0.15, -0.1) is 0 Å². The predicted octanol–water partition coefficient (Wildman–Crippen LogP) is 3.62. The number of aromatic hydroxyl groups is 1. The fourth-order valence-electron chi connectivity index (χ4n) is 2.25. The molecular weight excluding hydrogens is 279 g/mol. The fourth-order valence-corrected chi connectivity index (χ4v) is 2.43. The molecule has 3 nitrogen and oxygen atoms in total. The van der Waals surface area contributed by atoms with Crippen LogP contribution in [0.15, 0.2) is 47.6 Å². The minimum Gasteiger partial charge on any atom is -0.508 e. The predicted molar refractivity (Wildman–Crippen MR) is 76.5 cm³/mol. The quantitative estimate of drug-likeness (QED) is 0.887. The summed E-state index contributed by atoms with van der Waals surface area (Å²) >= 11 is 5.95. The highest BCUT2D eigenvalue weighted by Gasteiger charge is 2.23. The van der Waals surface area contributed by atoms with Gasteiger partial charge < -0.3 is 10.5 Å². The van der Waals surface area contributed by atoms with Crippen molar-refractivity contribution < 1.29 is 9.50 Å². The van der Waals surface area contributed by atoms with Crippen molar-refractivity contribution in [2.75, 3.05) is 0 Å². The Morgan fingerprint density at radius 1 is 1.20 bits per heavy atom. The maximum atomic E-state index is 12.9. The Morgan fingerprint density at radius 3 is 2.70 bits per heavy atom. The van der Waals surface area contributed by atoms with Crippen molar-refractivity contribution in [1.29, 1.82) is 0 Å². The zero-order valence-corrected chi connectivity index (χ0v) is 11.2. The molecule has 1 atom stereocenters. The van der Waals surface area contributed by atoms with Crippen LogP contribution in [-0.4, -0.2) is 10.8 Å². The van der Waals surface area contributed by atoms with Gasteiger partial charge in [-0.25, -0.2) is 4.39 Å². The Hall–Kier alpha value is -2.07. The summed E-state index contributed by atoms with van der Waals surface area (Å²) in [5, 5.41) is 14.7. The van der Waals surface area contributed by atoms with Crippen molar-refractivity contribution in [3.05, 3.63) is 64.4 Å². The zero-order valence-electron chi connectivity index (χ0n) is 10.5. The van der Waals surface area contributed by atoms with Crippen molar-refractivity contribution >= 4 is 17.3 Å². The van der Waals surface area contributed by atoms with Crippen LogP contribution in [0.5, 0.6) is 5.75 Å². The summed E-state index contributed by atoms with van der Waals surface area (Å²) in [5.74, 6) is -0.0909. The van der Waals surface area contributed by atoms with Crippen molar-refractivity contribution in [2.24, 2.45) is 5.10 Å². The maximum Gasteiger partial charge on any atom is 0.123 e. The average Bonchev–Trinajstić information content (AvgIpc) is 2.92. The maximum absolute atomic E-state index is 12.9. The summed E-state index contributed by atoms with van der Waals surface area (Å²) in [4.78, 5) is 0. The SMILES string of the molecule is Oc1ccc(Cl)cc1C1CC(c2ccc(F)cc2)=NN1. The first-order valence-electron chi connectivity index (χ1n) is 6.20. The molecule has 102 valence electrons. The van der Waals surface area contributed by atoms with Gasteiger partial charge in [-0.3, -0.25) is 0 Å². The van der Waals surface area contributed by atoms with Crippen LogP contribution in [0.25, 0.3) is 0 Å². The molecule has 3 rings (SSSR count). The molecule has 0 saturated carbocycles. The summed E-state index contributed by atoms with van der Waals surface area (Å²) in [7, 11) is 0. The van der Waals surface area contributed by atoms with Gasteiger partial charge >= 0.3 is 0 Å². The molecule has 1 aliphatic rings. The smallest absolute Gasteiger partial charge is 0.123 e. The highest BCUT2D eigenvalue weighted by Crippen LogP contribution is 2.32. The van der Waals surface area contributed by atoms with Gasteiger partial charge in [0.25, 0.3) is 0 Å². The van der Waals surface area contributed by atoms with Crippen molar-refractivity contribution in [1.82, 2.24) is 5.43 Å². The first-order valence-corrected chi connectivity index (χ1v) is 6.58. The van der Waals surface area contributed by atoms with E-state index >= 15 is 0 Å². The molecule has 2 aromatic rings. The van der Waals surface area contributed by atoms with Crippen LogP contribution in [0.1, 0.15) is 23.6 Å².